The van der Waals surface area contributed by atoms with Crippen molar-refractivity contribution >= 4 is 16.9 Å². The number of fused-ring (bicyclic) bond motifs is 6. The van der Waals surface area contributed by atoms with E-state index in [9.17, 15) is 4.79 Å². The number of aromatic nitrogens is 2. The Hall–Kier alpha value is -2.82. The highest BCUT2D eigenvalue weighted by Crippen LogP contribution is 2.50. The number of methoxy groups -OCH3 is 1. The smallest absolute Gasteiger partial charge is 0.254 e. The molecule has 126 valence electrons. The van der Waals surface area contributed by atoms with Crippen molar-refractivity contribution in [1.29, 1.82) is 0 Å². The van der Waals surface area contributed by atoms with Gasteiger partial charge in [-0.25, -0.2) is 4.98 Å². The molecule has 2 aromatic carbocycles. The first-order valence-electron chi connectivity index (χ1n) is 8.66. The molecule has 2 atom stereocenters. The fourth-order valence-electron chi connectivity index (χ4n) is 4.36. The first kappa shape index (κ1) is 14.5. The number of rotatable bonds is 2. The number of H-pyrrole nitrogens is 1. The topological polar surface area (TPSA) is 58.2 Å². The van der Waals surface area contributed by atoms with Crippen LogP contribution < -0.4 is 4.74 Å². The van der Waals surface area contributed by atoms with Crippen molar-refractivity contribution in [3.05, 3.63) is 59.4 Å². The number of hydrogen-bond acceptors (Lipinski definition) is 3. The van der Waals surface area contributed by atoms with Gasteiger partial charge >= 0.3 is 0 Å². The minimum Gasteiger partial charge on any atom is -0.497 e. The van der Waals surface area contributed by atoms with Gasteiger partial charge in [-0.2, -0.15) is 0 Å². The summed E-state index contributed by atoms with van der Waals surface area (Å²) >= 11 is 0. The van der Waals surface area contributed by atoms with Gasteiger partial charge < -0.3 is 14.6 Å². The number of benzene rings is 2. The molecule has 0 saturated carbocycles. The monoisotopic (exact) mass is 333 g/mol. The van der Waals surface area contributed by atoms with Crippen molar-refractivity contribution in [3.63, 3.8) is 0 Å². The van der Waals surface area contributed by atoms with Crippen LogP contribution in [0.4, 0.5) is 0 Å². The van der Waals surface area contributed by atoms with E-state index in [0.717, 1.165) is 41.7 Å². The molecule has 2 aliphatic rings. The number of nitrogens with one attached hydrogen (secondary N) is 1. The molecular formula is C20H19N3O2. The average molecular weight is 333 g/mol. The van der Waals surface area contributed by atoms with Crippen LogP contribution in [0.1, 0.15) is 46.3 Å². The third kappa shape index (κ3) is 2.15. The zero-order chi connectivity index (χ0) is 17.0. The van der Waals surface area contributed by atoms with Gasteiger partial charge in [-0.1, -0.05) is 6.07 Å². The number of nitrogens with zero attached hydrogens (tertiary/aromatic N) is 2. The van der Waals surface area contributed by atoms with Crippen molar-refractivity contribution in [1.82, 2.24) is 14.9 Å². The van der Waals surface area contributed by atoms with E-state index < -0.39 is 0 Å². The number of imidazole rings is 1. The summed E-state index contributed by atoms with van der Waals surface area (Å²) in [7, 11) is 1.70. The van der Waals surface area contributed by atoms with Gasteiger partial charge in [0.25, 0.3) is 5.91 Å². The van der Waals surface area contributed by atoms with E-state index in [2.05, 4.69) is 22.1 Å². The number of carbonyl (C=O) groups excluding carboxylic acids is 1. The summed E-state index contributed by atoms with van der Waals surface area (Å²) in [5.74, 6) is 1.53. The van der Waals surface area contributed by atoms with Crippen molar-refractivity contribution in [2.75, 3.05) is 13.7 Å². The van der Waals surface area contributed by atoms with Crippen molar-refractivity contribution in [2.24, 2.45) is 0 Å². The van der Waals surface area contributed by atoms with Crippen LogP contribution in [-0.4, -0.2) is 34.4 Å². The Morgan fingerprint density at radius 1 is 1.24 bits per heavy atom. The van der Waals surface area contributed by atoms with E-state index in [-0.39, 0.29) is 11.9 Å². The molecule has 0 radical (unpaired) electrons. The summed E-state index contributed by atoms with van der Waals surface area (Å²) in [5.41, 5.74) is 5.13. The van der Waals surface area contributed by atoms with Gasteiger partial charge in [0.1, 0.15) is 5.75 Å². The van der Waals surface area contributed by atoms with E-state index >= 15 is 0 Å². The molecule has 1 saturated heterocycles. The van der Waals surface area contributed by atoms with Crippen LogP contribution in [0.2, 0.25) is 0 Å². The predicted octanol–water partition coefficient (Wildman–Crippen LogP) is 3.65. The Morgan fingerprint density at radius 3 is 3.04 bits per heavy atom. The number of likely N-dealkylation sites (tertiary alicyclic amines) is 1. The van der Waals surface area contributed by atoms with Gasteiger partial charge in [0.05, 0.1) is 30.5 Å². The molecule has 3 aromatic rings. The second-order valence-corrected chi connectivity index (χ2v) is 6.86. The Morgan fingerprint density at radius 2 is 2.16 bits per heavy atom. The molecule has 0 spiro atoms. The molecule has 1 N–H and O–H groups in total. The van der Waals surface area contributed by atoms with Crippen LogP contribution in [-0.2, 0) is 0 Å². The summed E-state index contributed by atoms with van der Waals surface area (Å²) in [6.45, 7) is 0.798. The number of piperidine rings is 1. The summed E-state index contributed by atoms with van der Waals surface area (Å²) < 4.78 is 5.37. The maximum atomic E-state index is 13.2. The van der Waals surface area contributed by atoms with Crippen LogP contribution in [0, 0.1) is 0 Å². The molecule has 1 aliphatic heterocycles. The lowest BCUT2D eigenvalue weighted by atomic mass is 9.95. The summed E-state index contributed by atoms with van der Waals surface area (Å²) in [6.07, 6.45) is 3.68. The predicted molar refractivity (Wildman–Crippen MR) is 94.8 cm³/mol. The molecule has 1 amide bonds. The highest BCUT2D eigenvalue weighted by atomic mass is 16.5. The zero-order valence-corrected chi connectivity index (χ0v) is 14.0. The van der Waals surface area contributed by atoms with Gasteiger partial charge in [0, 0.05) is 12.1 Å². The Labute approximate surface area is 145 Å². The third-order valence-corrected chi connectivity index (χ3v) is 5.62. The first-order chi connectivity index (χ1) is 12.2. The van der Waals surface area contributed by atoms with Crippen LogP contribution in [0.25, 0.3) is 11.0 Å². The third-order valence-electron chi connectivity index (χ3n) is 5.62. The van der Waals surface area contributed by atoms with Crippen molar-refractivity contribution < 1.29 is 9.53 Å². The van der Waals surface area contributed by atoms with E-state index in [0.29, 0.717) is 5.92 Å². The van der Waals surface area contributed by atoms with Gasteiger partial charge in [0.2, 0.25) is 0 Å². The van der Waals surface area contributed by atoms with Gasteiger partial charge in [0.15, 0.2) is 0 Å². The Kier molecular flexibility index (Phi) is 3.10. The van der Waals surface area contributed by atoms with Crippen LogP contribution in [0.5, 0.6) is 5.75 Å². The highest BCUT2D eigenvalue weighted by molar-refractivity contribution is 5.97. The number of hydrogen-bond donors (Lipinski definition) is 1. The molecule has 2 heterocycles. The quantitative estimate of drug-likeness (QED) is 0.779. The van der Waals surface area contributed by atoms with Gasteiger partial charge in [-0.05, 0) is 60.2 Å². The van der Waals surface area contributed by atoms with E-state index in [1.165, 1.54) is 11.1 Å². The summed E-state index contributed by atoms with van der Waals surface area (Å²) in [5, 5.41) is 0. The van der Waals surface area contributed by atoms with Crippen LogP contribution in [0.15, 0.2) is 42.7 Å². The number of aromatic amines is 1. The maximum Gasteiger partial charge on any atom is 0.254 e. The lowest BCUT2D eigenvalue weighted by molar-refractivity contribution is 0.0620. The standard InChI is InChI=1S/C20H19N3O2/c1-25-14-3-4-15-16(10-14)12-6-7-23(19(15)9-12)20(24)13-2-5-17-18(8-13)22-11-21-17/h2-5,8,10-12,19H,6-7,9H2,1H3,(H,21,22). The molecule has 1 aliphatic carbocycles. The number of carbonyl (C=O) groups is 1. The van der Waals surface area contributed by atoms with Crippen LogP contribution in [0.3, 0.4) is 0 Å². The second-order valence-electron chi connectivity index (χ2n) is 6.86. The van der Waals surface area contributed by atoms with E-state index in [1.807, 2.05) is 29.2 Å². The SMILES string of the molecule is COc1ccc2c(c1)C1CCN(C(=O)c3ccc4nc[nH]c4c3)C2C1. The maximum absolute atomic E-state index is 13.2. The fraction of sp³-hybridized carbons (Fsp3) is 0.300. The molecule has 25 heavy (non-hydrogen) atoms. The van der Waals surface area contributed by atoms with Crippen molar-refractivity contribution in [3.8, 4) is 5.75 Å². The lowest BCUT2D eigenvalue weighted by Crippen LogP contribution is -2.37. The molecule has 5 heteroatoms. The fourth-order valence-corrected chi connectivity index (χ4v) is 4.36. The minimum absolute atomic E-state index is 0.101. The first-order valence-corrected chi connectivity index (χ1v) is 8.66. The second kappa shape index (κ2) is 5.34. The molecular weight excluding hydrogens is 314 g/mol. The summed E-state index contributed by atoms with van der Waals surface area (Å²) in [6, 6.07) is 12.1. The number of ether oxygens (including phenoxy) is 1. The van der Waals surface area contributed by atoms with Crippen molar-refractivity contribution in [2.45, 2.75) is 24.8 Å². The van der Waals surface area contributed by atoms with Gasteiger partial charge in [-0.3, -0.25) is 4.79 Å². The van der Waals surface area contributed by atoms with E-state index in [1.54, 1.807) is 13.4 Å². The normalized spacial score (nSPS) is 21.4. The lowest BCUT2D eigenvalue weighted by Gasteiger charge is -2.34. The number of amides is 1. The zero-order valence-electron chi connectivity index (χ0n) is 14.0. The van der Waals surface area contributed by atoms with Gasteiger partial charge in [-0.15, -0.1) is 0 Å². The molecule has 5 nitrogen and oxygen atoms in total. The largest absolute Gasteiger partial charge is 0.497 e. The molecule has 1 aromatic heterocycles. The van der Waals surface area contributed by atoms with Crippen LogP contribution >= 0.6 is 0 Å². The minimum atomic E-state index is 0.101. The molecule has 5 rings (SSSR count). The molecule has 2 bridgehead atoms. The average Bonchev–Trinajstić information content (AvgIpc) is 3.24. The molecule has 1 fully saturated rings. The highest BCUT2D eigenvalue weighted by Gasteiger charge is 2.41. The molecule has 2 unspecified atom stereocenters. The Bertz CT molecular complexity index is 978. The van der Waals surface area contributed by atoms with E-state index in [4.69, 9.17) is 4.74 Å². The summed E-state index contributed by atoms with van der Waals surface area (Å²) in [4.78, 5) is 22.5. The Balaban J connectivity index is 1.50.